The molecular weight excluding hydrogens is 241 g/mol. The van der Waals surface area contributed by atoms with Gasteiger partial charge >= 0.3 is 0 Å². The van der Waals surface area contributed by atoms with Crippen LogP contribution in [0, 0.1) is 11.7 Å². The third-order valence-electron chi connectivity index (χ3n) is 3.35. The van der Waals surface area contributed by atoms with E-state index in [9.17, 15) is 4.39 Å². The normalized spacial score (nSPS) is 24.2. The Hall–Kier alpha value is -0.640. The zero-order valence-corrected chi connectivity index (χ0v) is 10.4. The maximum Gasteiger partial charge on any atom is 0.128 e. The molecule has 2 rings (SSSR count). The van der Waals surface area contributed by atoms with Crippen LogP contribution in [0.15, 0.2) is 18.2 Å². The maximum absolute atomic E-state index is 13.5. The van der Waals surface area contributed by atoms with Crippen molar-refractivity contribution in [1.82, 2.24) is 0 Å². The molecule has 94 valence electrons. The van der Waals surface area contributed by atoms with Crippen molar-refractivity contribution in [3.63, 3.8) is 0 Å². The van der Waals surface area contributed by atoms with Crippen LogP contribution in [0.5, 0.6) is 0 Å². The molecular formula is C13H17ClFNO. The Balaban J connectivity index is 1.95. The summed E-state index contributed by atoms with van der Waals surface area (Å²) in [5, 5.41) is 0.534. The summed E-state index contributed by atoms with van der Waals surface area (Å²) >= 11 is 5.83. The van der Waals surface area contributed by atoms with Crippen molar-refractivity contribution in [1.29, 1.82) is 0 Å². The van der Waals surface area contributed by atoms with E-state index in [1.54, 1.807) is 12.1 Å². The number of nitrogens with two attached hydrogens (primary N) is 1. The molecule has 1 aliphatic rings. The quantitative estimate of drug-likeness (QED) is 0.900. The molecule has 1 aromatic carbocycles. The molecule has 0 aromatic heterocycles. The molecule has 4 heteroatoms. The molecule has 2 nitrogen and oxygen atoms in total. The summed E-state index contributed by atoms with van der Waals surface area (Å²) in [6.45, 7) is 0.913. The lowest BCUT2D eigenvalue weighted by Gasteiger charge is -2.18. The minimum atomic E-state index is -0.267. The summed E-state index contributed by atoms with van der Waals surface area (Å²) in [6, 6.07) is 4.53. The number of ether oxygens (including phenoxy) is 1. The fourth-order valence-electron chi connectivity index (χ4n) is 2.34. The van der Waals surface area contributed by atoms with E-state index < -0.39 is 0 Å². The van der Waals surface area contributed by atoms with E-state index in [0.717, 1.165) is 19.3 Å². The Morgan fingerprint density at radius 3 is 3.00 bits per heavy atom. The molecule has 0 amide bonds. The smallest absolute Gasteiger partial charge is 0.128 e. The highest BCUT2D eigenvalue weighted by molar-refractivity contribution is 6.30. The number of halogens is 2. The van der Waals surface area contributed by atoms with Crippen molar-refractivity contribution in [3.05, 3.63) is 34.6 Å². The van der Waals surface area contributed by atoms with Crippen LogP contribution in [0.25, 0.3) is 0 Å². The molecule has 1 aromatic rings. The zero-order chi connectivity index (χ0) is 12.3. The molecule has 2 atom stereocenters. The summed E-state index contributed by atoms with van der Waals surface area (Å²) in [4.78, 5) is 0. The minimum absolute atomic E-state index is 0.165. The van der Waals surface area contributed by atoms with Gasteiger partial charge in [0.05, 0.1) is 12.7 Å². The molecule has 0 aliphatic heterocycles. The summed E-state index contributed by atoms with van der Waals surface area (Å²) in [7, 11) is 0. The van der Waals surface area contributed by atoms with Gasteiger partial charge in [0.25, 0.3) is 0 Å². The first-order valence-electron chi connectivity index (χ1n) is 5.96. The average Bonchev–Trinajstić information content (AvgIpc) is 2.77. The third-order valence-corrected chi connectivity index (χ3v) is 3.59. The van der Waals surface area contributed by atoms with Gasteiger partial charge in [0, 0.05) is 10.6 Å². The molecule has 1 aliphatic carbocycles. The Morgan fingerprint density at radius 1 is 1.41 bits per heavy atom. The maximum atomic E-state index is 13.5. The van der Waals surface area contributed by atoms with E-state index >= 15 is 0 Å². The fraction of sp³-hybridized carbons (Fsp3) is 0.538. The molecule has 0 heterocycles. The highest BCUT2D eigenvalue weighted by atomic mass is 35.5. The number of hydrogen-bond donors (Lipinski definition) is 1. The van der Waals surface area contributed by atoms with Crippen LogP contribution in [0.2, 0.25) is 5.02 Å². The van der Waals surface area contributed by atoms with E-state index in [0.29, 0.717) is 23.0 Å². The molecule has 0 saturated heterocycles. The van der Waals surface area contributed by atoms with E-state index in [4.69, 9.17) is 22.1 Å². The number of rotatable bonds is 4. The molecule has 0 radical (unpaired) electrons. The van der Waals surface area contributed by atoms with Gasteiger partial charge in [-0.05, 0) is 43.5 Å². The average molecular weight is 258 g/mol. The molecule has 17 heavy (non-hydrogen) atoms. The van der Waals surface area contributed by atoms with E-state index in [1.165, 1.54) is 6.07 Å². The van der Waals surface area contributed by atoms with Crippen molar-refractivity contribution >= 4 is 11.6 Å². The SMILES string of the molecule is NCC1CCCC1OCc1cc(Cl)ccc1F. The van der Waals surface area contributed by atoms with Gasteiger partial charge in [-0.3, -0.25) is 0 Å². The van der Waals surface area contributed by atoms with E-state index in [-0.39, 0.29) is 18.5 Å². The van der Waals surface area contributed by atoms with Crippen LogP contribution < -0.4 is 5.73 Å². The molecule has 2 N–H and O–H groups in total. The van der Waals surface area contributed by atoms with Gasteiger partial charge in [-0.25, -0.2) is 4.39 Å². The van der Waals surface area contributed by atoms with Crippen molar-refractivity contribution in [2.45, 2.75) is 32.0 Å². The lowest BCUT2D eigenvalue weighted by molar-refractivity contribution is 0.0169. The van der Waals surface area contributed by atoms with Crippen LogP contribution >= 0.6 is 11.6 Å². The molecule has 2 unspecified atom stereocenters. The highest BCUT2D eigenvalue weighted by Crippen LogP contribution is 2.28. The Bertz CT molecular complexity index is 386. The van der Waals surface area contributed by atoms with Crippen LogP contribution in [0.1, 0.15) is 24.8 Å². The highest BCUT2D eigenvalue weighted by Gasteiger charge is 2.26. The van der Waals surface area contributed by atoms with Crippen LogP contribution in [0.4, 0.5) is 4.39 Å². The van der Waals surface area contributed by atoms with Gasteiger partial charge in [0.1, 0.15) is 5.82 Å². The Morgan fingerprint density at radius 2 is 2.24 bits per heavy atom. The number of benzene rings is 1. The second kappa shape index (κ2) is 5.80. The van der Waals surface area contributed by atoms with Crippen molar-refractivity contribution in [2.24, 2.45) is 11.7 Å². The first kappa shape index (κ1) is 12.8. The third kappa shape index (κ3) is 3.18. The first-order chi connectivity index (χ1) is 8.20. The van der Waals surface area contributed by atoms with Crippen molar-refractivity contribution < 1.29 is 9.13 Å². The largest absolute Gasteiger partial charge is 0.373 e. The Labute approximate surface area is 106 Å². The Kier molecular flexibility index (Phi) is 4.37. The monoisotopic (exact) mass is 257 g/mol. The van der Waals surface area contributed by atoms with Gasteiger partial charge < -0.3 is 10.5 Å². The van der Waals surface area contributed by atoms with Gasteiger partial charge in [0.2, 0.25) is 0 Å². The summed E-state index contributed by atoms with van der Waals surface area (Å²) < 4.78 is 19.2. The van der Waals surface area contributed by atoms with E-state index in [1.807, 2.05) is 0 Å². The second-order valence-electron chi connectivity index (χ2n) is 4.51. The van der Waals surface area contributed by atoms with Crippen LogP contribution in [-0.4, -0.2) is 12.6 Å². The predicted octanol–water partition coefficient (Wildman–Crippen LogP) is 3.12. The predicted molar refractivity (Wildman–Crippen MR) is 66.4 cm³/mol. The topological polar surface area (TPSA) is 35.2 Å². The standard InChI is InChI=1S/C13H17ClFNO/c14-11-4-5-12(15)10(6-11)8-17-13-3-1-2-9(13)7-16/h4-6,9,13H,1-3,7-8,16H2. The summed E-state index contributed by atoms with van der Waals surface area (Å²) in [5.74, 6) is 0.147. The second-order valence-corrected chi connectivity index (χ2v) is 4.95. The van der Waals surface area contributed by atoms with Crippen molar-refractivity contribution in [3.8, 4) is 0 Å². The lowest BCUT2D eigenvalue weighted by Crippen LogP contribution is -2.25. The summed E-state index contributed by atoms with van der Waals surface area (Å²) in [5.41, 5.74) is 6.19. The molecule has 1 saturated carbocycles. The fourth-order valence-corrected chi connectivity index (χ4v) is 2.54. The number of hydrogen-bond acceptors (Lipinski definition) is 2. The molecule has 1 fully saturated rings. The van der Waals surface area contributed by atoms with E-state index in [2.05, 4.69) is 0 Å². The molecule has 0 bridgehead atoms. The van der Waals surface area contributed by atoms with Gasteiger partial charge in [-0.1, -0.05) is 18.0 Å². The minimum Gasteiger partial charge on any atom is -0.373 e. The van der Waals surface area contributed by atoms with Crippen LogP contribution in [0.3, 0.4) is 0 Å². The van der Waals surface area contributed by atoms with Gasteiger partial charge in [-0.2, -0.15) is 0 Å². The van der Waals surface area contributed by atoms with Crippen molar-refractivity contribution in [2.75, 3.05) is 6.54 Å². The zero-order valence-electron chi connectivity index (χ0n) is 9.66. The van der Waals surface area contributed by atoms with Crippen LogP contribution in [-0.2, 0) is 11.3 Å². The molecule has 0 spiro atoms. The lowest BCUT2D eigenvalue weighted by atomic mass is 10.1. The first-order valence-corrected chi connectivity index (χ1v) is 6.34. The van der Waals surface area contributed by atoms with Gasteiger partial charge in [0.15, 0.2) is 0 Å². The summed E-state index contributed by atoms with van der Waals surface area (Å²) in [6.07, 6.45) is 3.44. The van der Waals surface area contributed by atoms with Gasteiger partial charge in [-0.15, -0.1) is 0 Å².